The van der Waals surface area contributed by atoms with Crippen LogP contribution in [0.1, 0.15) is 57.9 Å². The van der Waals surface area contributed by atoms with E-state index in [9.17, 15) is 0 Å². The van der Waals surface area contributed by atoms with Crippen molar-refractivity contribution in [2.75, 3.05) is 6.61 Å². The van der Waals surface area contributed by atoms with Gasteiger partial charge in [-0.15, -0.1) is 0 Å². The van der Waals surface area contributed by atoms with Gasteiger partial charge < -0.3 is 4.74 Å². The topological polar surface area (TPSA) is 35.0 Å². The van der Waals surface area contributed by atoms with Crippen molar-refractivity contribution < 1.29 is 4.74 Å². The average molecular weight is 271 g/mol. The lowest BCUT2D eigenvalue weighted by molar-refractivity contribution is 0.289. The highest BCUT2D eigenvalue weighted by Gasteiger charge is 2.09. The van der Waals surface area contributed by atoms with Crippen molar-refractivity contribution in [1.29, 1.82) is 0 Å². The summed E-state index contributed by atoms with van der Waals surface area (Å²) >= 11 is 6.06. The Morgan fingerprint density at radius 2 is 1.83 bits per heavy atom. The van der Waals surface area contributed by atoms with E-state index in [1.807, 2.05) is 0 Å². The standard InChI is InChI=1S/C14H23ClN2O/c1-3-5-6-7-8-10-18-14-12(9-4-2)13(15)16-11-17-14/h11H,3-10H2,1-2H3. The number of ether oxygens (including phenoxy) is 1. The molecule has 3 nitrogen and oxygen atoms in total. The maximum absolute atomic E-state index is 6.06. The van der Waals surface area contributed by atoms with Crippen molar-refractivity contribution in [3.63, 3.8) is 0 Å². The second-order valence-corrected chi connectivity index (χ2v) is 4.82. The average Bonchev–Trinajstić information content (AvgIpc) is 2.37. The normalized spacial score (nSPS) is 10.6. The van der Waals surface area contributed by atoms with Gasteiger partial charge in [0.2, 0.25) is 5.88 Å². The van der Waals surface area contributed by atoms with E-state index in [0.717, 1.165) is 24.8 Å². The molecule has 1 rings (SSSR count). The molecule has 0 atom stereocenters. The Bertz CT molecular complexity index is 345. The highest BCUT2D eigenvalue weighted by molar-refractivity contribution is 6.30. The fraction of sp³-hybridized carbons (Fsp3) is 0.714. The van der Waals surface area contributed by atoms with Crippen LogP contribution in [0.4, 0.5) is 0 Å². The summed E-state index contributed by atoms with van der Waals surface area (Å²) in [5.74, 6) is 0.660. The molecule has 0 radical (unpaired) electrons. The van der Waals surface area contributed by atoms with E-state index in [0.29, 0.717) is 17.6 Å². The molecule has 1 aromatic rings. The van der Waals surface area contributed by atoms with E-state index in [-0.39, 0.29) is 0 Å². The molecular formula is C14H23ClN2O. The third-order valence-electron chi connectivity index (χ3n) is 2.84. The van der Waals surface area contributed by atoms with Gasteiger partial charge >= 0.3 is 0 Å². The predicted molar refractivity (Wildman–Crippen MR) is 75.3 cm³/mol. The summed E-state index contributed by atoms with van der Waals surface area (Å²) < 4.78 is 5.72. The molecule has 0 aliphatic heterocycles. The molecule has 0 amide bonds. The zero-order valence-corrected chi connectivity index (χ0v) is 12.2. The Hall–Kier alpha value is -0.830. The van der Waals surface area contributed by atoms with E-state index >= 15 is 0 Å². The molecule has 0 aliphatic carbocycles. The summed E-state index contributed by atoms with van der Waals surface area (Å²) in [6.45, 7) is 5.04. The van der Waals surface area contributed by atoms with E-state index < -0.39 is 0 Å². The van der Waals surface area contributed by atoms with Gasteiger partial charge in [0.25, 0.3) is 0 Å². The highest BCUT2D eigenvalue weighted by atomic mass is 35.5. The van der Waals surface area contributed by atoms with Gasteiger partial charge in [-0.1, -0.05) is 57.6 Å². The highest BCUT2D eigenvalue weighted by Crippen LogP contribution is 2.23. The summed E-state index contributed by atoms with van der Waals surface area (Å²) in [7, 11) is 0. The van der Waals surface area contributed by atoms with Crippen molar-refractivity contribution in [1.82, 2.24) is 9.97 Å². The van der Waals surface area contributed by atoms with Crippen molar-refractivity contribution >= 4 is 11.6 Å². The first-order chi connectivity index (χ1) is 8.79. The molecule has 0 saturated heterocycles. The van der Waals surface area contributed by atoms with Crippen molar-refractivity contribution in [2.45, 2.75) is 58.8 Å². The molecule has 0 saturated carbocycles. The Labute approximate surface area is 115 Å². The lowest BCUT2D eigenvalue weighted by Crippen LogP contribution is -2.04. The number of nitrogens with zero attached hydrogens (tertiary/aromatic N) is 2. The molecule has 4 heteroatoms. The van der Waals surface area contributed by atoms with Crippen molar-refractivity contribution in [2.24, 2.45) is 0 Å². The Kier molecular flexibility index (Phi) is 7.74. The molecular weight excluding hydrogens is 248 g/mol. The fourth-order valence-corrected chi connectivity index (χ4v) is 2.05. The summed E-state index contributed by atoms with van der Waals surface area (Å²) in [4.78, 5) is 8.18. The van der Waals surface area contributed by atoms with E-state index in [4.69, 9.17) is 16.3 Å². The number of hydrogen-bond acceptors (Lipinski definition) is 3. The number of hydrogen-bond donors (Lipinski definition) is 0. The zero-order chi connectivity index (χ0) is 13.2. The van der Waals surface area contributed by atoms with Crippen LogP contribution in [0.3, 0.4) is 0 Å². The van der Waals surface area contributed by atoms with Crippen LogP contribution >= 0.6 is 11.6 Å². The smallest absolute Gasteiger partial charge is 0.221 e. The van der Waals surface area contributed by atoms with Gasteiger partial charge in [0.15, 0.2) is 0 Å². The van der Waals surface area contributed by atoms with Gasteiger partial charge in [-0.25, -0.2) is 9.97 Å². The van der Waals surface area contributed by atoms with E-state index in [2.05, 4.69) is 23.8 Å². The van der Waals surface area contributed by atoms with Gasteiger partial charge in [0.1, 0.15) is 11.5 Å². The van der Waals surface area contributed by atoms with Gasteiger partial charge in [-0.05, 0) is 12.8 Å². The van der Waals surface area contributed by atoms with Crippen LogP contribution < -0.4 is 4.74 Å². The van der Waals surface area contributed by atoms with Crippen LogP contribution in [-0.4, -0.2) is 16.6 Å². The van der Waals surface area contributed by atoms with Crippen LogP contribution in [0.25, 0.3) is 0 Å². The number of aromatic nitrogens is 2. The lowest BCUT2D eigenvalue weighted by Gasteiger charge is -2.10. The molecule has 0 spiro atoms. The van der Waals surface area contributed by atoms with E-state index in [1.54, 1.807) is 0 Å². The van der Waals surface area contributed by atoms with Crippen LogP contribution in [-0.2, 0) is 6.42 Å². The molecule has 0 aromatic carbocycles. The Morgan fingerprint density at radius 1 is 1.06 bits per heavy atom. The third kappa shape index (κ3) is 5.21. The Morgan fingerprint density at radius 3 is 2.56 bits per heavy atom. The maximum atomic E-state index is 6.06. The summed E-state index contributed by atoms with van der Waals surface area (Å²) in [6, 6.07) is 0. The maximum Gasteiger partial charge on any atom is 0.221 e. The molecule has 0 unspecified atom stereocenters. The predicted octanol–water partition coefficient (Wildman–Crippen LogP) is 4.43. The number of halogens is 1. The largest absolute Gasteiger partial charge is 0.477 e. The molecule has 0 N–H and O–H groups in total. The monoisotopic (exact) mass is 270 g/mol. The molecule has 1 aromatic heterocycles. The SMILES string of the molecule is CCCCCCCOc1ncnc(Cl)c1CCC. The fourth-order valence-electron chi connectivity index (χ4n) is 1.83. The number of rotatable bonds is 9. The Balaban J connectivity index is 2.39. The summed E-state index contributed by atoms with van der Waals surface area (Å²) in [5.41, 5.74) is 0.940. The molecule has 102 valence electrons. The van der Waals surface area contributed by atoms with Gasteiger partial charge in [0, 0.05) is 0 Å². The minimum absolute atomic E-state index is 0.521. The first-order valence-electron chi connectivity index (χ1n) is 6.91. The zero-order valence-electron chi connectivity index (χ0n) is 11.4. The van der Waals surface area contributed by atoms with Crippen LogP contribution in [0.5, 0.6) is 5.88 Å². The van der Waals surface area contributed by atoms with Gasteiger partial charge in [-0.2, -0.15) is 0 Å². The molecule has 0 bridgehead atoms. The van der Waals surface area contributed by atoms with Crippen LogP contribution in [0.2, 0.25) is 5.15 Å². The van der Waals surface area contributed by atoms with Crippen LogP contribution in [0.15, 0.2) is 6.33 Å². The quantitative estimate of drug-likeness (QED) is 0.492. The third-order valence-corrected chi connectivity index (χ3v) is 3.17. The summed E-state index contributed by atoms with van der Waals surface area (Å²) in [6.07, 6.45) is 9.50. The van der Waals surface area contributed by atoms with Gasteiger partial charge in [-0.3, -0.25) is 0 Å². The molecule has 0 fully saturated rings. The second-order valence-electron chi connectivity index (χ2n) is 4.46. The minimum Gasteiger partial charge on any atom is -0.477 e. The van der Waals surface area contributed by atoms with Gasteiger partial charge in [0.05, 0.1) is 12.2 Å². The van der Waals surface area contributed by atoms with Crippen molar-refractivity contribution in [3.05, 3.63) is 17.0 Å². The first-order valence-corrected chi connectivity index (χ1v) is 7.29. The number of unbranched alkanes of at least 4 members (excludes halogenated alkanes) is 4. The summed E-state index contributed by atoms with van der Waals surface area (Å²) in [5, 5.41) is 0.521. The minimum atomic E-state index is 0.521. The molecule has 0 aliphatic rings. The molecule has 1 heterocycles. The lowest BCUT2D eigenvalue weighted by atomic mass is 10.2. The second kappa shape index (κ2) is 9.15. The van der Waals surface area contributed by atoms with E-state index in [1.165, 1.54) is 32.0 Å². The first kappa shape index (κ1) is 15.2. The molecule has 18 heavy (non-hydrogen) atoms. The van der Waals surface area contributed by atoms with Crippen molar-refractivity contribution in [3.8, 4) is 5.88 Å². The van der Waals surface area contributed by atoms with Crippen LogP contribution in [0, 0.1) is 0 Å².